The van der Waals surface area contributed by atoms with Crippen molar-refractivity contribution in [2.45, 2.75) is 33.4 Å². The molecule has 0 aliphatic heterocycles. The van der Waals surface area contributed by atoms with E-state index < -0.39 is 0 Å². The van der Waals surface area contributed by atoms with Gasteiger partial charge in [-0.3, -0.25) is 0 Å². The van der Waals surface area contributed by atoms with Crippen molar-refractivity contribution in [2.75, 3.05) is 26.4 Å². The average molecular weight is 424 g/mol. The van der Waals surface area contributed by atoms with Crippen LogP contribution in [0.1, 0.15) is 30.0 Å². The van der Waals surface area contributed by atoms with Gasteiger partial charge in [0.25, 0.3) is 0 Å². The van der Waals surface area contributed by atoms with Crippen molar-refractivity contribution < 1.29 is 19.0 Å². The lowest BCUT2D eigenvalue weighted by Gasteiger charge is -2.07. The van der Waals surface area contributed by atoms with E-state index in [4.69, 9.17) is 14.2 Å². The van der Waals surface area contributed by atoms with Gasteiger partial charge in [-0.1, -0.05) is 41.6 Å². The molecule has 3 rings (SSSR count). The highest BCUT2D eigenvalue weighted by molar-refractivity contribution is 5.89. The van der Waals surface area contributed by atoms with E-state index in [1.807, 2.05) is 41.9 Å². The summed E-state index contributed by atoms with van der Waals surface area (Å²) >= 11 is 0. The molecule has 164 valence electrons. The maximum Gasteiger partial charge on any atom is 0.330 e. The molecule has 2 aromatic carbocycles. The van der Waals surface area contributed by atoms with E-state index in [1.54, 1.807) is 13.0 Å². The van der Waals surface area contributed by atoms with Crippen LogP contribution in [0.3, 0.4) is 0 Å². The maximum atomic E-state index is 11.5. The fraction of sp³-hybridized carbons (Fsp3) is 0.375. The van der Waals surface area contributed by atoms with E-state index in [2.05, 4.69) is 22.4 Å². The van der Waals surface area contributed by atoms with Crippen molar-refractivity contribution in [1.82, 2.24) is 15.0 Å². The van der Waals surface area contributed by atoms with Gasteiger partial charge in [-0.05, 0) is 49.1 Å². The molecule has 0 spiro atoms. The van der Waals surface area contributed by atoms with E-state index in [1.165, 1.54) is 11.6 Å². The summed E-state index contributed by atoms with van der Waals surface area (Å²) in [7, 11) is 0. The summed E-state index contributed by atoms with van der Waals surface area (Å²) in [6.45, 7) is 7.23. The highest BCUT2D eigenvalue weighted by Crippen LogP contribution is 2.21. The molecule has 0 aliphatic rings. The van der Waals surface area contributed by atoms with Crippen LogP contribution in [0.25, 0.3) is 17.1 Å². The van der Waals surface area contributed by atoms with Crippen LogP contribution in [-0.4, -0.2) is 47.4 Å². The summed E-state index contributed by atoms with van der Waals surface area (Å²) in [6, 6.07) is 14.1. The Balaban J connectivity index is 1.41. The van der Waals surface area contributed by atoms with Crippen molar-refractivity contribution in [1.29, 1.82) is 0 Å². The Kier molecular flexibility index (Phi) is 8.75. The number of nitrogens with zero attached hydrogens (tertiary/aromatic N) is 3. The lowest BCUT2D eigenvalue weighted by molar-refractivity contribution is -0.137. The zero-order valence-corrected chi connectivity index (χ0v) is 18.1. The summed E-state index contributed by atoms with van der Waals surface area (Å²) in [5, 5.41) is 8.55. The first-order chi connectivity index (χ1) is 15.2. The zero-order valence-electron chi connectivity index (χ0n) is 18.1. The molecule has 0 aliphatic carbocycles. The minimum Gasteiger partial charge on any atom is -0.463 e. The van der Waals surface area contributed by atoms with Crippen molar-refractivity contribution in [3.8, 4) is 0 Å². The van der Waals surface area contributed by atoms with Crippen LogP contribution in [0.5, 0.6) is 0 Å². The predicted molar refractivity (Wildman–Crippen MR) is 119 cm³/mol. The van der Waals surface area contributed by atoms with Crippen molar-refractivity contribution >= 4 is 23.1 Å². The third kappa shape index (κ3) is 6.73. The van der Waals surface area contributed by atoms with Gasteiger partial charge in [-0.15, -0.1) is 5.10 Å². The van der Waals surface area contributed by atoms with Crippen molar-refractivity contribution in [3.05, 3.63) is 65.2 Å². The van der Waals surface area contributed by atoms with Crippen LogP contribution < -0.4 is 0 Å². The molecule has 1 heterocycles. The van der Waals surface area contributed by atoms with Crippen LogP contribution in [0.15, 0.2) is 48.5 Å². The average Bonchev–Trinajstić information content (AvgIpc) is 3.20. The Labute approximate surface area is 182 Å². The van der Waals surface area contributed by atoms with Gasteiger partial charge < -0.3 is 14.2 Å². The topological polar surface area (TPSA) is 75.5 Å². The molecule has 3 aromatic rings. The molecular weight excluding hydrogens is 394 g/mol. The first-order valence-electron chi connectivity index (χ1n) is 10.6. The van der Waals surface area contributed by atoms with E-state index in [9.17, 15) is 4.79 Å². The number of fused-ring (bicyclic) bond motifs is 1. The monoisotopic (exact) mass is 423 g/mol. The van der Waals surface area contributed by atoms with Crippen LogP contribution in [0.4, 0.5) is 0 Å². The second kappa shape index (κ2) is 12.0. The maximum absolute atomic E-state index is 11.5. The van der Waals surface area contributed by atoms with E-state index in [0.717, 1.165) is 28.6 Å². The summed E-state index contributed by atoms with van der Waals surface area (Å²) in [6.07, 6.45) is 4.02. The number of carbonyl (C=O) groups is 1. The molecule has 7 nitrogen and oxygen atoms in total. The highest BCUT2D eigenvalue weighted by Gasteiger charge is 2.09. The standard InChI is InChI=1S/C24H29N3O4/c1-3-31-23(28)13-11-21-10-12-22-24(19(21)2)25-26-27(22)14-17-29-15-7-16-30-18-20-8-5-4-6-9-20/h4-6,8-13H,3,7,14-18H2,1-2H3/b13-11+. The first-order valence-corrected chi connectivity index (χ1v) is 10.6. The Hall–Kier alpha value is -3.03. The second-order valence-corrected chi connectivity index (χ2v) is 7.05. The van der Waals surface area contributed by atoms with Gasteiger partial charge in [0.05, 0.1) is 31.9 Å². The third-order valence-corrected chi connectivity index (χ3v) is 4.80. The number of rotatable bonds is 12. The fourth-order valence-corrected chi connectivity index (χ4v) is 3.16. The van der Waals surface area contributed by atoms with E-state index in [0.29, 0.717) is 39.6 Å². The molecule has 31 heavy (non-hydrogen) atoms. The van der Waals surface area contributed by atoms with Gasteiger partial charge in [-0.25, -0.2) is 9.48 Å². The van der Waals surface area contributed by atoms with Crippen molar-refractivity contribution in [2.24, 2.45) is 0 Å². The van der Waals surface area contributed by atoms with Crippen LogP contribution in [0, 0.1) is 6.92 Å². The zero-order chi connectivity index (χ0) is 21.9. The minimum atomic E-state index is -0.353. The lowest BCUT2D eigenvalue weighted by atomic mass is 10.1. The smallest absolute Gasteiger partial charge is 0.330 e. The molecule has 0 bridgehead atoms. The minimum absolute atomic E-state index is 0.353. The number of aromatic nitrogens is 3. The molecule has 0 saturated carbocycles. The number of benzene rings is 2. The molecular formula is C24H29N3O4. The van der Waals surface area contributed by atoms with Gasteiger partial charge in [0.2, 0.25) is 0 Å². The first kappa shape index (κ1) is 22.7. The third-order valence-electron chi connectivity index (χ3n) is 4.80. The molecule has 0 fully saturated rings. The number of esters is 1. The summed E-state index contributed by atoms with van der Waals surface area (Å²) < 4.78 is 18.1. The Morgan fingerprint density at radius 1 is 1.06 bits per heavy atom. The van der Waals surface area contributed by atoms with Crippen LogP contribution in [-0.2, 0) is 32.2 Å². The summed E-state index contributed by atoms with van der Waals surface area (Å²) in [5.74, 6) is -0.353. The predicted octanol–water partition coefficient (Wildman–Crippen LogP) is 3.94. The van der Waals surface area contributed by atoms with Gasteiger partial charge >= 0.3 is 5.97 Å². The SMILES string of the molecule is CCOC(=O)/C=C/c1ccc2c(nnn2CCOCCCOCc2ccccc2)c1C. The number of hydrogen-bond acceptors (Lipinski definition) is 6. The molecule has 1 aromatic heterocycles. The Morgan fingerprint density at radius 3 is 2.68 bits per heavy atom. The normalized spacial score (nSPS) is 11.4. The van der Waals surface area contributed by atoms with Gasteiger partial charge in [0.15, 0.2) is 0 Å². The Bertz CT molecular complexity index is 999. The summed E-state index contributed by atoms with van der Waals surface area (Å²) in [4.78, 5) is 11.5. The lowest BCUT2D eigenvalue weighted by Crippen LogP contribution is -2.09. The molecule has 0 amide bonds. The van der Waals surface area contributed by atoms with Crippen LogP contribution >= 0.6 is 0 Å². The molecule has 0 N–H and O–H groups in total. The van der Waals surface area contributed by atoms with Gasteiger partial charge in [0.1, 0.15) is 5.52 Å². The fourth-order valence-electron chi connectivity index (χ4n) is 3.16. The molecule has 7 heteroatoms. The molecule has 0 radical (unpaired) electrons. The van der Waals surface area contributed by atoms with E-state index >= 15 is 0 Å². The Morgan fingerprint density at radius 2 is 1.87 bits per heavy atom. The number of aryl methyl sites for hydroxylation is 1. The molecule has 0 saturated heterocycles. The molecule has 0 unspecified atom stereocenters. The number of carbonyl (C=O) groups excluding carboxylic acids is 1. The highest BCUT2D eigenvalue weighted by atomic mass is 16.5. The van der Waals surface area contributed by atoms with Gasteiger partial charge in [-0.2, -0.15) is 0 Å². The van der Waals surface area contributed by atoms with E-state index in [-0.39, 0.29) is 5.97 Å². The van der Waals surface area contributed by atoms with Gasteiger partial charge in [0, 0.05) is 19.3 Å². The largest absolute Gasteiger partial charge is 0.463 e. The summed E-state index contributed by atoms with van der Waals surface area (Å²) in [5.41, 5.74) is 4.83. The molecule has 0 atom stereocenters. The number of hydrogen-bond donors (Lipinski definition) is 0. The quantitative estimate of drug-likeness (QED) is 0.250. The van der Waals surface area contributed by atoms with Crippen LogP contribution in [0.2, 0.25) is 0 Å². The number of ether oxygens (including phenoxy) is 3. The van der Waals surface area contributed by atoms with Crippen molar-refractivity contribution in [3.63, 3.8) is 0 Å². The second-order valence-electron chi connectivity index (χ2n) is 7.05.